The fourth-order valence-corrected chi connectivity index (χ4v) is 2.98. The Morgan fingerprint density at radius 2 is 1.06 bits per heavy atom. The molecule has 0 radical (unpaired) electrons. The molecule has 0 aromatic carbocycles. The highest BCUT2D eigenvalue weighted by Gasteiger charge is 2.31. The van der Waals surface area contributed by atoms with Crippen LogP contribution in [-0.2, 0) is 0 Å². The second-order valence-electron chi connectivity index (χ2n) is 5.59. The number of thiocarbonyl (C=S) groups is 1. The summed E-state index contributed by atoms with van der Waals surface area (Å²) in [7, 11) is 0. The summed E-state index contributed by atoms with van der Waals surface area (Å²) >= 11 is 5.06. The van der Waals surface area contributed by atoms with Crippen molar-refractivity contribution in [3.05, 3.63) is 0 Å². The summed E-state index contributed by atoms with van der Waals surface area (Å²) in [6, 6.07) is 0. The molecule has 1 aliphatic carbocycles. The largest absolute Gasteiger partial charge is 0.295 e. The van der Waals surface area contributed by atoms with E-state index in [1.54, 1.807) is 0 Å². The summed E-state index contributed by atoms with van der Waals surface area (Å²) in [5, 5.41) is 0.631. The fourth-order valence-electron chi connectivity index (χ4n) is 2.88. The summed E-state index contributed by atoms with van der Waals surface area (Å²) in [5.41, 5.74) is 12.8. The molecule has 2 rings (SSSR count). The number of nitrogens with one attached hydrogen (secondary N) is 4. The highest BCUT2D eigenvalue weighted by atomic mass is 32.1. The Labute approximate surface area is 116 Å². The Kier molecular flexibility index (Phi) is 5.66. The molecule has 1 heterocycles. The smallest absolute Gasteiger partial charge is 0.195 e. The Bertz CT molecular complexity index is 246. The van der Waals surface area contributed by atoms with E-state index in [1.807, 2.05) is 0 Å². The minimum absolute atomic E-state index is 0.0263. The SMILES string of the molecule is S=C1NNC2(CCCCCCCCCCC2)NN1. The molecule has 0 aromatic rings. The van der Waals surface area contributed by atoms with Crippen molar-refractivity contribution >= 4 is 17.3 Å². The van der Waals surface area contributed by atoms with Gasteiger partial charge in [0.05, 0.1) is 0 Å². The van der Waals surface area contributed by atoms with Crippen molar-refractivity contribution < 1.29 is 0 Å². The van der Waals surface area contributed by atoms with E-state index >= 15 is 0 Å². The van der Waals surface area contributed by atoms with E-state index in [4.69, 9.17) is 12.2 Å². The molecule has 1 aliphatic heterocycles. The summed E-state index contributed by atoms with van der Waals surface area (Å²) in [5.74, 6) is 0. The summed E-state index contributed by atoms with van der Waals surface area (Å²) < 4.78 is 0. The van der Waals surface area contributed by atoms with Crippen LogP contribution in [0.1, 0.15) is 70.6 Å². The van der Waals surface area contributed by atoms with Gasteiger partial charge in [0.1, 0.15) is 5.66 Å². The van der Waals surface area contributed by atoms with Crippen LogP contribution in [0.4, 0.5) is 0 Å². The maximum atomic E-state index is 5.06. The molecular weight excluding hydrogens is 244 g/mol. The van der Waals surface area contributed by atoms with Gasteiger partial charge in [-0.2, -0.15) is 0 Å². The summed E-state index contributed by atoms with van der Waals surface area (Å²) in [4.78, 5) is 0. The van der Waals surface area contributed by atoms with Crippen molar-refractivity contribution in [1.29, 1.82) is 0 Å². The molecule has 4 N–H and O–H groups in total. The van der Waals surface area contributed by atoms with Crippen LogP contribution in [-0.4, -0.2) is 10.8 Å². The average molecular weight is 270 g/mol. The number of hydrogen-bond donors (Lipinski definition) is 4. The van der Waals surface area contributed by atoms with Gasteiger partial charge in [-0.05, 0) is 25.1 Å². The van der Waals surface area contributed by atoms with E-state index in [9.17, 15) is 0 Å². The van der Waals surface area contributed by atoms with Crippen molar-refractivity contribution in [3.8, 4) is 0 Å². The summed E-state index contributed by atoms with van der Waals surface area (Å²) in [6.07, 6.45) is 14.6. The number of rotatable bonds is 0. The van der Waals surface area contributed by atoms with E-state index in [0.29, 0.717) is 5.11 Å². The van der Waals surface area contributed by atoms with Crippen LogP contribution in [0.3, 0.4) is 0 Å². The summed E-state index contributed by atoms with van der Waals surface area (Å²) in [6.45, 7) is 0. The second-order valence-corrected chi connectivity index (χ2v) is 6.00. The van der Waals surface area contributed by atoms with E-state index < -0.39 is 0 Å². The molecule has 104 valence electrons. The van der Waals surface area contributed by atoms with Gasteiger partial charge >= 0.3 is 0 Å². The van der Waals surface area contributed by atoms with Gasteiger partial charge < -0.3 is 0 Å². The molecule has 0 unspecified atom stereocenters. The minimum atomic E-state index is -0.0263. The molecule has 2 fully saturated rings. The van der Waals surface area contributed by atoms with Gasteiger partial charge in [-0.25, -0.2) is 10.9 Å². The molecule has 2 aliphatic rings. The van der Waals surface area contributed by atoms with Crippen molar-refractivity contribution in [1.82, 2.24) is 21.7 Å². The Morgan fingerprint density at radius 3 is 1.50 bits per heavy atom. The Hall–Kier alpha value is -0.390. The highest BCUT2D eigenvalue weighted by molar-refractivity contribution is 7.80. The lowest BCUT2D eigenvalue weighted by Crippen LogP contribution is -2.73. The zero-order chi connectivity index (χ0) is 12.7. The highest BCUT2D eigenvalue weighted by Crippen LogP contribution is 2.22. The van der Waals surface area contributed by atoms with Crippen LogP contribution in [0.5, 0.6) is 0 Å². The molecular formula is C13H26N4S. The predicted octanol–water partition coefficient (Wildman–Crippen LogP) is 2.47. The Balaban J connectivity index is 1.86. The van der Waals surface area contributed by atoms with Gasteiger partial charge in [-0.3, -0.25) is 10.9 Å². The van der Waals surface area contributed by atoms with Gasteiger partial charge in [0, 0.05) is 0 Å². The van der Waals surface area contributed by atoms with Gasteiger partial charge in [0.15, 0.2) is 5.11 Å². The maximum absolute atomic E-state index is 5.06. The van der Waals surface area contributed by atoms with Crippen molar-refractivity contribution in [2.75, 3.05) is 0 Å². The van der Waals surface area contributed by atoms with Gasteiger partial charge in [0.2, 0.25) is 0 Å². The third kappa shape index (κ3) is 4.37. The van der Waals surface area contributed by atoms with E-state index in [0.717, 1.165) is 12.8 Å². The first-order chi connectivity index (χ1) is 8.81. The third-order valence-electron chi connectivity index (χ3n) is 4.04. The lowest BCUT2D eigenvalue weighted by atomic mass is 9.93. The van der Waals surface area contributed by atoms with Crippen LogP contribution in [0, 0.1) is 0 Å². The standard InChI is InChI=1S/C13H26N4S/c18-12-14-16-13(17-15-12)10-8-6-4-2-1-3-5-7-9-11-13/h16-17H,1-11H2,(H2,14,15,18). The van der Waals surface area contributed by atoms with Gasteiger partial charge in [-0.1, -0.05) is 57.8 Å². The maximum Gasteiger partial charge on any atom is 0.195 e. The van der Waals surface area contributed by atoms with Crippen molar-refractivity contribution in [2.45, 2.75) is 76.3 Å². The first-order valence-corrected chi connectivity index (χ1v) is 7.82. The number of hydrazine groups is 2. The molecule has 5 heteroatoms. The van der Waals surface area contributed by atoms with E-state index in [1.165, 1.54) is 57.8 Å². The van der Waals surface area contributed by atoms with E-state index in [-0.39, 0.29) is 5.66 Å². The van der Waals surface area contributed by atoms with E-state index in [2.05, 4.69) is 21.7 Å². The first-order valence-electron chi connectivity index (χ1n) is 7.41. The average Bonchev–Trinajstić information content (AvgIpc) is 2.37. The minimum Gasteiger partial charge on any atom is -0.295 e. The van der Waals surface area contributed by atoms with Crippen LogP contribution in [0.25, 0.3) is 0 Å². The van der Waals surface area contributed by atoms with Crippen LogP contribution in [0.15, 0.2) is 0 Å². The lowest BCUT2D eigenvalue weighted by molar-refractivity contribution is 0.162. The predicted molar refractivity (Wildman–Crippen MR) is 78.7 cm³/mol. The molecule has 18 heavy (non-hydrogen) atoms. The molecule has 0 bridgehead atoms. The van der Waals surface area contributed by atoms with Crippen LogP contribution in [0.2, 0.25) is 0 Å². The molecule has 0 atom stereocenters. The van der Waals surface area contributed by atoms with Crippen molar-refractivity contribution in [3.63, 3.8) is 0 Å². The zero-order valence-electron chi connectivity index (χ0n) is 11.2. The third-order valence-corrected chi connectivity index (χ3v) is 4.24. The molecule has 0 aromatic heterocycles. The monoisotopic (exact) mass is 270 g/mol. The van der Waals surface area contributed by atoms with Crippen molar-refractivity contribution in [2.24, 2.45) is 0 Å². The molecule has 1 saturated carbocycles. The van der Waals surface area contributed by atoms with Gasteiger partial charge in [-0.15, -0.1) is 0 Å². The first kappa shape index (κ1) is 14.0. The van der Waals surface area contributed by atoms with Gasteiger partial charge in [0.25, 0.3) is 0 Å². The van der Waals surface area contributed by atoms with Crippen LogP contribution >= 0.6 is 12.2 Å². The Morgan fingerprint density at radius 1 is 0.667 bits per heavy atom. The molecule has 1 spiro atoms. The topological polar surface area (TPSA) is 48.1 Å². The fraction of sp³-hybridized carbons (Fsp3) is 0.923. The molecule has 0 amide bonds. The molecule has 4 nitrogen and oxygen atoms in total. The normalized spacial score (nSPS) is 26.6. The number of hydrogen-bond acceptors (Lipinski definition) is 3. The zero-order valence-corrected chi connectivity index (χ0v) is 12.0. The second kappa shape index (κ2) is 7.26. The lowest BCUT2D eigenvalue weighted by Gasteiger charge is -2.41. The molecule has 1 saturated heterocycles. The van der Waals surface area contributed by atoms with Crippen LogP contribution < -0.4 is 21.7 Å². The quantitative estimate of drug-likeness (QED) is 0.510.